The van der Waals surface area contributed by atoms with Crippen LogP contribution in [0.2, 0.25) is 0 Å². The van der Waals surface area contributed by atoms with Gasteiger partial charge in [0.15, 0.2) is 0 Å². The maximum Gasteiger partial charge on any atom is 0.0641 e. The highest BCUT2D eigenvalue weighted by Gasteiger charge is 2.21. The van der Waals surface area contributed by atoms with E-state index in [9.17, 15) is 0 Å². The number of nitrogens with one attached hydrogen (secondary N) is 1. The van der Waals surface area contributed by atoms with Crippen molar-refractivity contribution in [3.8, 4) is 6.07 Å². The zero-order chi connectivity index (χ0) is 11.2. The monoisotopic (exact) mass is 216 g/mol. The number of aromatic nitrogens is 1. The summed E-state index contributed by atoms with van der Waals surface area (Å²) in [4.78, 5) is 6.49. The van der Waals surface area contributed by atoms with Crippen molar-refractivity contribution in [2.24, 2.45) is 0 Å². The van der Waals surface area contributed by atoms with Gasteiger partial charge in [-0.1, -0.05) is 6.07 Å². The molecule has 0 bridgehead atoms. The minimum absolute atomic E-state index is 0.195. The summed E-state index contributed by atoms with van der Waals surface area (Å²) in [6.07, 6.45) is 4.17. The quantitative estimate of drug-likeness (QED) is 0.817. The summed E-state index contributed by atoms with van der Waals surface area (Å²) < 4.78 is 0. The second-order valence-electron chi connectivity index (χ2n) is 3.95. The van der Waals surface area contributed by atoms with Gasteiger partial charge >= 0.3 is 0 Å². The molecule has 2 rings (SSSR count). The average molecular weight is 216 g/mol. The standard InChI is InChI=1S/C12H16N4/c13-4-3-12(11-2-1-5-15-10-11)16-8-6-14-7-9-16/h1-2,5,10,12,14H,3,6-9H2/t12-/m1/s1. The fraction of sp³-hybridized carbons (Fsp3) is 0.500. The van der Waals surface area contributed by atoms with Gasteiger partial charge in [0.1, 0.15) is 0 Å². The molecule has 16 heavy (non-hydrogen) atoms. The maximum absolute atomic E-state index is 8.92. The van der Waals surface area contributed by atoms with Crippen molar-refractivity contribution in [3.63, 3.8) is 0 Å². The number of nitriles is 1. The van der Waals surface area contributed by atoms with Gasteiger partial charge in [0.2, 0.25) is 0 Å². The van der Waals surface area contributed by atoms with Crippen molar-refractivity contribution in [2.75, 3.05) is 26.2 Å². The van der Waals surface area contributed by atoms with E-state index < -0.39 is 0 Å². The van der Waals surface area contributed by atoms with Gasteiger partial charge in [0, 0.05) is 44.6 Å². The molecule has 1 fully saturated rings. The van der Waals surface area contributed by atoms with Crippen LogP contribution in [0, 0.1) is 11.3 Å². The van der Waals surface area contributed by atoms with Crippen LogP contribution in [0.4, 0.5) is 0 Å². The zero-order valence-corrected chi connectivity index (χ0v) is 9.26. The molecule has 0 amide bonds. The predicted molar refractivity (Wildman–Crippen MR) is 61.7 cm³/mol. The first-order chi connectivity index (χ1) is 7.92. The lowest BCUT2D eigenvalue weighted by Crippen LogP contribution is -2.45. The van der Waals surface area contributed by atoms with Gasteiger partial charge in [-0.05, 0) is 11.6 Å². The third-order valence-corrected chi connectivity index (χ3v) is 2.95. The molecule has 1 atom stereocenters. The second kappa shape index (κ2) is 5.59. The highest BCUT2D eigenvalue weighted by molar-refractivity contribution is 5.15. The average Bonchev–Trinajstić information content (AvgIpc) is 2.38. The molecule has 84 valence electrons. The lowest BCUT2D eigenvalue weighted by Gasteiger charge is -2.33. The van der Waals surface area contributed by atoms with Crippen LogP contribution >= 0.6 is 0 Å². The van der Waals surface area contributed by atoms with Crippen molar-refractivity contribution < 1.29 is 0 Å². The Labute approximate surface area is 95.9 Å². The van der Waals surface area contributed by atoms with Crippen molar-refractivity contribution in [2.45, 2.75) is 12.5 Å². The summed E-state index contributed by atoms with van der Waals surface area (Å²) in [6, 6.07) is 6.45. The fourth-order valence-corrected chi connectivity index (χ4v) is 2.11. The third kappa shape index (κ3) is 2.57. The molecule has 1 aromatic rings. The summed E-state index contributed by atoms with van der Waals surface area (Å²) in [5.41, 5.74) is 1.14. The molecular weight excluding hydrogens is 200 g/mol. The van der Waals surface area contributed by atoms with Gasteiger partial charge in [-0.2, -0.15) is 5.26 Å². The van der Waals surface area contributed by atoms with Crippen LogP contribution in [0.25, 0.3) is 0 Å². The first-order valence-electron chi connectivity index (χ1n) is 5.63. The molecule has 2 heterocycles. The van der Waals surface area contributed by atoms with Crippen molar-refractivity contribution in [3.05, 3.63) is 30.1 Å². The number of pyridine rings is 1. The van der Waals surface area contributed by atoms with Gasteiger partial charge in [-0.25, -0.2) is 0 Å². The van der Waals surface area contributed by atoms with Crippen LogP contribution in [-0.4, -0.2) is 36.1 Å². The number of hydrogen-bond donors (Lipinski definition) is 1. The molecule has 1 aliphatic heterocycles. The van der Waals surface area contributed by atoms with Crippen LogP contribution < -0.4 is 5.32 Å². The molecule has 1 aliphatic rings. The smallest absolute Gasteiger partial charge is 0.0641 e. The Morgan fingerprint density at radius 3 is 2.94 bits per heavy atom. The van der Waals surface area contributed by atoms with E-state index in [1.807, 2.05) is 12.3 Å². The molecular formula is C12H16N4. The van der Waals surface area contributed by atoms with Crippen LogP contribution in [0.1, 0.15) is 18.0 Å². The van der Waals surface area contributed by atoms with Gasteiger partial charge < -0.3 is 5.32 Å². The van der Waals surface area contributed by atoms with E-state index in [4.69, 9.17) is 5.26 Å². The first kappa shape index (κ1) is 11.1. The summed E-state index contributed by atoms with van der Waals surface area (Å²) in [6.45, 7) is 4.01. The van der Waals surface area contributed by atoms with E-state index in [2.05, 4.69) is 27.3 Å². The summed E-state index contributed by atoms with van der Waals surface area (Å²) in [7, 11) is 0. The summed E-state index contributed by atoms with van der Waals surface area (Å²) in [5.74, 6) is 0. The Bertz CT molecular complexity index is 351. The van der Waals surface area contributed by atoms with Crippen LogP contribution in [0.5, 0.6) is 0 Å². The van der Waals surface area contributed by atoms with E-state index >= 15 is 0 Å². The second-order valence-corrected chi connectivity index (χ2v) is 3.95. The van der Waals surface area contributed by atoms with Gasteiger partial charge in [-0.3, -0.25) is 9.88 Å². The van der Waals surface area contributed by atoms with E-state index in [0.29, 0.717) is 6.42 Å². The first-order valence-corrected chi connectivity index (χ1v) is 5.63. The highest BCUT2D eigenvalue weighted by Crippen LogP contribution is 2.23. The Morgan fingerprint density at radius 2 is 2.31 bits per heavy atom. The molecule has 4 heteroatoms. The lowest BCUT2D eigenvalue weighted by atomic mass is 10.0. The van der Waals surface area contributed by atoms with Crippen molar-refractivity contribution in [1.82, 2.24) is 15.2 Å². The van der Waals surface area contributed by atoms with E-state index in [0.717, 1.165) is 31.7 Å². The molecule has 0 aliphatic carbocycles. The largest absolute Gasteiger partial charge is 0.314 e. The van der Waals surface area contributed by atoms with Crippen LogP contribution in [0.3, 0.4) is 0 Å². The normalized spacial score (nSPS) is 18.9. The fourth-order valence-electron chi connectivity index (χ4n) is 2.11. The van der Waals surface area contributed by atoms with Crippen molar-refractivity contribution >= 4 is 0 Å². The predicted octanol–water partition coefficient (Wildman–Crippen LogP) is 0.942. The molecule has 0 saturated carbocycles. The minimum atomic E-state index is 0.195. The van der Waals surface area contributed by atoms with E-state index in [1.165, 1.54) is 0 Å². The molecule has 1 saturated heterocycles. The minimum Gasteiger partial charge on any atom is -0.314 e. The molecule has 0 unspecified atom stereocenters. The zero-order valence-electron chi connectivity index (χ0n) is 9.26. The summed E-state index contributed by atoms with van der Waals surface area (Å²) >= 11 is 0. The number of hydrogen-bond acceptors (Lipinski definition) is 4. The Hall–Kier alpha value is -1.44. The van der Waals surface area contributed by atoms with Gasteiger partial charge in [0.25, 0.3) is 0 Å². The Kier molecular flexibility index (Phi) is 3.86. The maximum atomic E-state index is 8.92. The van der Waals surface area contributed by atoms with Crippen LogP contribution in [-0.2, 0) is 0 Å². The number of nitrogens with zero attached hydrogens (tertiary/aromatic N) is 3. The van der Waals surface area contributed by atoms with E-state index in [1.54, 1.807) is 6.20 Å². The topological polar surface area (TPSA) is 52.0 Å². The van der Waals surface area contributed by atoms with Gasteiger partial charge in [-0.15, -0.1) is 0 Å². The Balaban J connectivity index is 2.13. The Morgan fingerprint density at radius 1 is 1.50 bits per heavy atom. The highest BCUT2D eigenvalue weighted by atomic mass is 15.2. The third-order valence-electron chi connectivity index (χ3n) is 2.95. The van der Waals surface area contributed by atoms with E-state index in [-0.39, 0.29) is 6.04 Å². The molecule has 0 aromatic carbocycles. The molecule has 0 radical (unpaired) electrons. The number of piperazine rings is 1. The molecule has 4 nitrogen and oxygen atoms in total. The molecule has 1 aromatic heterocycles. The van der Waals surface area contributed by atoms with Gasteiger partial charge in [0.05, 0.1) is 12.5 Å². The lowest BCUT2D eigenvalue weighted by molar-refractivity contribution is 0.175. The molecule has 1 N–H and O–H groups in total. The van der Waals surface area contributed by atoms with Crippen molar-refractivity contribution in [1.29, 1.82) is 5.26 Å². The summed E-state index contributed by atoms with van der Waals surface area (Å²) in [5, 5.41) is 12.2. The number of rotatable bonds is 3. The van der Waals surface area contributed by atoms with Crippen LogP contribution in [0.15, 0.2) is 24.5 Å². The SMILES string of the molecule is N#CC[C@H](c1cccnc1)N1CCNCC1. The molecule has 0 spiro atoms.